The highest BCUT2D eigenvalue weighted by molar-refractivity contribution is 6.32. The average Bonchev–Trinajstić information content (AvgIpc) is 2.48. The Morgan fingerprint density at radius 2 is 2.00 bits per heavy atom. The van der Waals surface area contributed by atoms with Crippen LogP contribution in [-0.4, -0.2) is 12.5 Å². The second kappa shape index (κ2) is 7.11. The highest BCUT2D eigenvalue weighted by atomic mass is 35.5. The molecule has 2 rings (SSSR count). The van der Waals surface area contributed by atoms with Crippen molar-refractivity contribution in [2.45, 2.75) is 13.5 Å². The van der Waals surface area contributed by atoms with Crippen LogP contribution in [0.2, 0.25) is 5.02 Å². The van der Waals surface area contributed by atoms with Gasteiger partial charge in [-0.25, -0.2) is 0 Å². The van der Waals surface area contributed by atoms with Gasteiger partial charge in [-0.15, -0.1) is 0 Å². The molecule has 0 fully saturated rings. The first-order chi connectivity index (χ1) is 10.1. The van der Waals surface area contributed by atoms with Crippen molar-refractivity contribution in [3.63, 3.8) is 0 Å². The van der Waals surface area contributed by atoms with Crippen LogP contribution in [0.4, 0.5) is 0 Å². The molecule has 110 valence electrons. The van der Waals surface area contributed by atoms with Gasteiger partial charge in [-0.05, 0) is 36.4 Å². The maximum absolute atomic E-state index is 11.4. The molecule has 4 nitrogen and oxygen atoms in total. The lowest BCUT2D eigenvalue weighted by molar-refractivity contribution is 0.0998. The number of carbonyl (C=O) groups is 1. The van der Waals surface area contributed by atoms with Gasteiger partial charge < -0.3 is 15.8 Å². The molecular formula is C16H17ClN2O2. The van der Waals surface area contributed by atoms with E-state index in [4.69, 9.17) is 22.1 Å². The maximum atomic E-state index is 11.4. The summed E-state index contributed by atoms with van der Waals surface area (Å²) in [5, 5.41) is 3.71. The minimum Gasteiger partial charge on any atom is -0.455 e. The van der Waals surface area contributed by atoms with E-state index in [-0.39, 0.29) is 0 Å². The molecule has 2 aromatic rings. The molecule has 0 saturated heterocycles. The number of para-hydroxylation sites is 1. The molecule has 0 atom stereocenters. The molecule has 0 saturated carbocycles. The van der Waals surface area contributed by atoms with E-state index in [9.17, 15) is 4.79 Å². The first kappa shape index (κ1) is 15.4. The summed E-state index contributed by atoms with van der Waals surface area (Å²) in [5.74, 6) is 0.349. The van der Waals surface area contributed by atoms with Crippen LogP contribution < -0.4 is 15.8 Å². The Kier molecular flexibility index (Phi) is 5.20. The third-order valence-corrected chi connectivity index (χ3v) is 3.24. The summed E-state index contributed by atoms with van der Waals surface area (Å²) in [4.78, 5) is 11.4. The summed E-state index contributed by atoms with van der Waals surface area (Å²) in [6.07, 6.45) is 0. The molecule has 2 aromatic carbocycles. The van der Waals surface area contributed by atoms with Crippen molar-refractivity contribution >= 4 is 17.5 Å². The van der Waals surface area contributed by atoms with Crippen molar-refractivity contribution in [1.29, 1.82) is 0 Å². The van der Waals surface area contributed by atoms with E-state index >= 15 is 0 Å². The van der Waals surface area contributed by atoms with Gasteiger partial charge in [0.15, 0.2) is 0 Å². The van der Waals surface area contributed by atoms with E-state index in [0.717, 1.165) is 18.7 Å². The summed E-state index contributed by atoms with van der Waals surface area (Å²) >= 11 is 6.22. The van der Waals surface area contributed by atoms with Gasteiger partial charge in [0.1, 0.15) is 11.5 Å². The smallest absolute Gasteiger partial charge is 0.252 e. The number of nitrogens with one attached hydrogen (secondary N) is 1. The Morgan fingerprint density at radius 3 is 2.67 bits per heavy atom. The van der Waals surface area contributed by atoms with Gasteiger partial charge in [0.2, 0.25) is 0 Å². The van der Waals surface area contributed by atoms with Crippen molar-refractivity contribution in [3.8, 4) is 11.5 Å². The van der Waals surface area contributed by atoms with Crippen LogP contribution in [0, 0.1) is 0 Å². The molecule has 0 unspecified atom stereocenters. The van der Waals surface area contributed by atoms with Gasteiger partial charge >= 0.3 is 0 Å². The molecule has 0 bridgehead atoms. The number of halogens is 1. The van der Waals surface area contributed by atoms with Crippen molar-refractivity contribution in [2.24, 2.45) is 5.73 Å². The van der Waals surface area contributed by atoms with Crippen LogP contribution in [-0.2, 0) is 6.54 Å². The Morgan fingerprint density at radius 1 is 1.24 bits per heavy atom. The predicted molar refractivity (Wildman–Crippen MR) is 83.9 cm³/mol. The fraction of sp³-hybridized carbons (Fsp3) is 0.188. The van der Waals surface area contributed by atoms with Gasteiger partial charge in [-0.1, -0.05) is 36.7 Å². The Balaban J connectivity index is 2.22. The first-order valence-corrected chi connectivity index (χ1v) is 7.05. The van der Waals surface area contributed by atoms with Crippen LogP contribution in [0.5, 0.6) is 11.5 Å². The number of rotatable bonds is 6. The van der Waals surface area contributed by atoms with Gasteiger partial charge in [-0.2, -0.15) is 0 Å². The maximum Gasteiger partial charge on any atom is 0.252 e. The number of hydrogen-bond donors (Lipinski definition) is 2. The summed E-state index contributed by atoms with van der Waals surface area (Å²) < 4.78 is 5.71. The Hall–Kier alpha value is -2.04. The van der Waals surface area contributed by atoms with Gasteiger partial charge in [0.05, 0.1) is 10.6 Å². The molecular weight excluding hydrogens is 288 g/mol. The zero-order valence-corrected chi connectivity index (χ0v) is 12.5. The number of ether oxygens (including phenoxy) is 1. The van der Waals surface area contributed by atoms with Crippen molar-refractivity contribution in [2.75, 3.05) is 6.54 Å². The highest BCUT2D eigenvalue weighted by Crippen LogP contribution is 2.31. The molecule has 0 aliphatic rings. The average molecular weight is 305 g/mol. The van der Waals surface area contributed by atoms with Gasteiger partial charge in [0, 0.05) is 6.54 Å². The molecule has 1 amide bonds. The van der Waals surface area contributed by atoms with Crippen LogP contribution in [0.15, 0.2) is 42.5 Å². The van der Waals surface area contributed by atoms with Crippen LogP contribution in [0.3, 0.4) is 0 Å². The van der Waals surface area contributed by atoms with Crippen LogP contribution >= 0.6 is 11.6 Å². The van der Waals surface area contributed by atoms with E-state index in [1.807, 2.05) is 19.1 Å². The molecule has 0 aliphatic heterocycles. The van der Waals surface area contributed by atoms with E-state index in [1.165, 1.54) is 0 Å². The predicted octanol–water partition coefficient (Wildman–Crippen LogP) is 3.34. The van der Waals surface area contributed by atoms with Crippen molar-refractivity contribution in [1.82, 2.24) is 5.32 Å². The summed E-state index contributed by atoms with van der Waals surface area (Å²) in [5.41, 5.74) is 6.72. The molecule has 0 aliphatic carbocycles. The summed E-state index contributed by atoms with van der Waals surface area (Å²) in [7, 11) is 0. The highest BCUT2D eigenvalue weighted by Gasteiger charge is 2.11. The molecule has 5 heteroatoms. The largest absolute Gasteiger partial charge is 0.455 e. The minimum absolute atomic E-state index is 0.324. The fourth-order valence-electron chi connectivity index (χ4n) is 1.88. The lowest BCUT2D eigenvalue weighted by Crippen LogP contribution is -2.12. The molecule has 0 radical (unpaired) electrons. The third kappa shape index (κ3) is 3.97. The zero-order chi connectivity index (χ0) is 15.2. The third-order valence-electron chi connectivity index (χ3n) is 2.95. The molecule has 0 heterocycles. The topological polar surface area (TPSA) is 64.3 Å². The monoisotopic (exact) mass is 304 g/mol. The second-order valence-corrected chi connectivity index (χ2v) is 4.91. The zero-order valence-electron chi connectivity index (χ0n) is 11.7. The van der Waals surface area contributed by atoms with Crippen molar-refractivity contribution in [3.05, 3.63) is 58.6 Å². The van der Waals surface area contributed by atoms with Crippen LogP contribution in [0.1, 0.15) is 22.8 Å². The van der Waals surface area contributed by atoms with Gasteiger partial charge in [0.25, 0.3) is 5.91 Å². The van der Waals surface area contributed by atoms with Crippen LogP contribution in [0.25, 0.3) is 0 Å². The Bertz CT molecular complexity index is 644. The van der Waals surface area contributed by atoms with Gasteiger partial charge in [-0.3, -0.25) is 4.79 Å². The minimum atomic E-state index is -0.537. The first-order valence-electron chi connectivity index (χ1n) is 6.67. The normalized spacial score (nSPS) is 10.4. The number of nitrogens with two attached hydrogens (primary N) is 1. The second-order valence-electron chi connectivity index (χ2n) is 4.51. The van der Waals surface area contributed by atoms with E-state index in [1.54, 1.807) is 30.3 Å². The molecule has 21 heavy (non-hydrogen) atoms. The summed E-state index contributed by atoms with van der Waals surface area (Å²) in [6, 6.07) is 12.4. The number of amides is 1. The molecule has 0 spiro atoms. The van der Waals surface area contributed by atoms with Crippen molar-refractivity contribution < 1.29 is 9.53 Å². The van der Waals surface area contributed by atoms with E-state index < -0.39 is 5.91 Å². The van der Waals surface area contributed by atoms with E-state index in [2.05, 4.69) is 5.32 Å². The molecule has 3 N–H and O–H groups in total. The number of primary amides is 1. The van der Waals surface area contributed by atoms with E-state index in [0.29, 0.717) is 22.1 Å². The number of carbonyl (C=O) groups excluding carboxylic acids is 1. The molecule has 0 aromatic heterocycles. The number of benzene rings is 2. The fourth-order valence-corrected chi connectivity index (χ4v) is 2.13. The Labute approximate surface area is 128 Å². The number of hydrogen-bond acceptors (Lipinski definition) is 3. The standard InChI is InChI=1S/C16H17ClN2O2/c1-2-19-10-11-7-8-15(13(17)9-11)21-14-6-4-3-5-12(14)16(18)20/h3-9,19H,2,10H2,1H3,(H2,18,20). The lowest BCUT2D eigenvalue weighted by atomic mass is 10.2. The lowest BCUT2D eigenvalue weighted by Gasteiger charge is -2.11. The summed E-state index contributed by atoms with van der Waals surface area (Å²) in [6.45, 7) is 3.68. The SMILES string of the molecule is CCNCc1ccc(Oc2ccccc2C(N)=O)c(Cl)c1. The quantitative estimate of drug-likeness (QED) is 0.860.